The van der Waals surface area contributed by atoms with Gasteiger partial charge in [0.15, 0.2) is 5.79 Å². The van der Waals surface area contributed by atoms with Crippen LogP contribution in [0.3, 0.4) is 0 Å². The molecular weight excluding hydrogens is 512 g/mol. The topological polar surface area (TPSA) is 112 Å². The molecule has 1 aliphatic carbocycles. The summed E-state index contributed by atoms with van der Waals surface area (Å²) in [5, 5.41) is 22.9. The quantitative estimate of drug-likeness (QED) is 0.297. The lowest BCUT2D eigenvalue weighted by Crippen LogP contribution is -2.58. The number of hydrogen-bond donors (Lipinski definition) is 2. The smallest absolute Gasteiger partial charge is 0.316 e. The fourth-order valence-electron chi connectivity index (χ4n) is 7.14. The summed E-state index contributed by atoms with van der Waals surface area (Å²) in [7, 11) is 0. The average Bonchev–Trinajstić information content (AvgIpc) is 3.26. The normalized spacial score (nSPS) is 47.6. The minimum atomic E-state index is -1.74. The summed E-state index contributed by atoms with van der Waals surface area (Å²) in [6.45, 7) is 8.15. The van der Waals surface area contributed by atoms with Crippen molar-refractivity contribution in [2.75, 3.05) is 6.61 Å². The van der Waals surface area contributed by atoms with Crippen LogP contribution in [-0.2, 0) is 28.5 Å². The first-order valence-electron chi connectivity index (χ1n) is 14.9. The SMILES string of the molecule is CC[C@H]1O[C@]2(CC[C@@H]1C)C[C@@H]1C[C@@H](C/C=C(\C=O)C[C@@H](C)/C=C/C=C3\CO[C@@H]4[C@H](O)C(C)=C[C@@H](C(=O)O1)[C@]34O)O2. The molecule has 3 fully saturated rings. The molecular formula is C32H44O8. The maximum atomic E-state index is 13.9. The Kier molecular flexibility index (Phi) is 8.56. The molecule has 0 aromatic heterocycles. The van der Waals surface area contributed by atoms with Gasteiger partial charge in [-0.25, -0.2) is 0 Å². The van der Waals surface area contributed by atoms with Crippen LogP contribution in [0.2, 0.25) is 0 Å². The molecule has 5 aliphatic rings. The van der Waals surface area contributed by atoms with E-state index < -0.39 is 41.6 Å². The summed E-state index contributed by atoms with van der Waals surface area (Å²) in [5.74, 6) is -1.98. The molecule has 0 aromatic carbocycles. The van der Waals surface area contributed by atoms with Gasteiger partial charge in [-0.1, -0.05) is 51.2 Å². The van der Waals surface area contributed by atoms with Crippen molar-refractivity contribution in [2.45, 2.75) is 115 Å². The second-order valence-corrected chi connectivity index (χ2v) is 12.5. The van der Waals surface area contributed by atoms with Gasteiger partial charge in [-0.3, -0.25) is 9.59 Å². The van der Waals surface area contributed by atoms with Crippen molar-refractivity contribution in [2.24, 2.45) is 17.8 Å². The van der Waals surface area contributed by atoms with Gasteiger partial charge in [0.2, 0.25) is 0 Å². The Balaban J connectivity index is 1.53. The van der Waals surface area contributed by atoms with Crippen molar-refractivity contribution >= 4 is 12.3 Å². The van der Waals surface area contributed by atoms with Gasteiger partial charge in [0.1, 0.15) is 36.1 Å². The molecule has 0 saturated carbocycles. The Morgan fingerprint density at radius 1 is 1.20 bits per heavy atom. The Morgan fingerprint density at radius 3 is 2.75 bits per heavy atom. The zero-order valence-electron chi connectivity index (χ0n) is 24.1. The highest BCUT2D eigenvalue weighted by Gasteiger charge is 2.60. The highest BCUT2D eigenvalue weighted by atomic mass is 16.7. The van der Waals surface area contributed by atoms with Crippen LogP contribution in [0.25, 0.3) is 0 Å². The summed E-state index contributed by atoms with van der Waals surface area (Å²) >= 11 is 0. The number of aliphatic hydroxyl groups excluding tert-OH is 1. The number of aliphatic hydroxyl groups is 2. The van der Waals surface area contributed by atoms with Crippen LogP contribution in [0.5, 0.6) is 0 Å². The maximum absolute atomic E-state index is 13.9. The molecule has 2 N–H and O–H groups in total. The molecule has 8 nitrogen and oxygen atoms in total. The monoisotopic (exact) mass is 556 g/mol. The maximum Gasteiger partial charge on any atom is 0.316 e. The fourth-order valence-corrected chi connectivity index (χ4v) is 7.14. The van der Waals surface area contributed by atoms with E-state index >= 15 is 0 Å². The summed E-state index contributed by atoms with van der Waals surface area (Å²) < 4.78 is 25.3. The fraction of sp³-hybridized carbons (Fsp3) is 0.688. The first kappa shape index (κ1) is 29.4. The third kappa shape index (κ3) is 5.53. The van der Waals surface area contributed by atoms with Crippen LogP contribution in [0, 0.1) is 17.8 Å². The van der Waals surface area contributed by atoms with Crippen molar-refractivity contribution < 1.29 is 38.7 Å². The van der Waals surface area contributed by atoms with Crippen molar-refractivity contribution in [1.82, 2.24) is 0 Å². The molecule has 0 aromatic rings. The Hall–Kier alpha value is -2.10. The van der Waals surface area contributed by atoms with Gasteiger partial charge in [0.05, 0.1) is 18.8 Å². The van der Waals surface area contributed by atoms with Gasteiger partial charge in [0.25, 0.3) is 0 Å². The lowest BCUT2D eigenvalue weighted by molar-refractivity contribution is -0.335. The molecule has 0 radical (unpaired) electrons. The van der Waals surface area contributed by atoms with Crippen molar-refractivity contribution in [3.63, 3.8) is 0 Å². The number of rotatable bonds is 2. The zero-order chi connectivity index (χ0) is 28.7. The molecule has 40 heavy (non-hydrogen) atoms. The van der Waals surface area contributed by atoms with E-state index in [1.165, 1.54) is 0 Å². The van der Waals surface area contributed by atoms with Gasteiger partial charge in [-0.2, -0.15) is 0 Å². The largest absolute Gasteiger partial charge is 0.462 e. The molecule has 1 spiro atoms. The van der Waals surface area contributed by atoms with Gasteiger partial charge >= 0.3 is 5.97 Å². The van der Waals surface area contributed by atoms with E-state index in [0.717, 1.165) is 19.1 Å². The summed E-state index contributed by atoms with van der Waals surface area (Å²) in [6, 6.07) is 0. The highest BCUT2D eigenvalue weighted by molar-refractivity contribution is 5.78. The van der Waals surface area contributed by atoms with E-state index in [-0.39, 0.29) is 24.7 Å². The van der Waals surface area contributed by atoms with Crippen molar-refractivity contribution in [3.8, 4) is 0 Å². The van der Waals surface area contributed by atoms with Gasteiger partial charge in [-0.05, 0) is 61.2 Å². The van der Waals surface area contributed by atoms with Crippen LogP contribution < -0.4 is 0 Å². The molecule has 0 amide bonds. The molecule has 10 atom stereocenters. The van der Waals surface area contributed by atoms with E-state index in [0.29, 0.717) is 54.7 Å². The van der Waals surface area contributed by atoms with Gasteiger partial charge < -0.3 is 29.2 Å². The summed E-state index contributed by atoms with van der Waals surface area (Å²) in [6.07, 6.45) is 11.7. The zero-order valence-corrected chi connectivity index (χ0v) is 24.1. The van der Waals surface area contributed by atoms with Crippen LogP contribution in [-0.4, -0.2) is 71.0 Å². The molecule has 2 bridgehead atoms. The van der Waals surface area contributed by atoms with Gasteiger partial charge in [0, 0.05) is 19.3 Å². The first-order valence-corrected chi connectivity index (χ1v) is 14.9. The van der Waals surface area contributed by atoms with E-state index in [2.05, 4.69) is 13.8 Å². The van der Waals surface area contributed by atoms with Gasteiger partial charge in [-0.15, -0.1) is 0 Å². The number of aldehydes is 1. The number of allylic oxidation sites excluding steroid dienone is 4. The molecule has 220 valence electrons. The number of esters is 1. The second kappa shape index (κ2) is 11.6. The minimum Gasteiger partial charge on any atom is -0.462 e. The average molecular weight is 557 g/mol. The standard InChI is InChI=1S/C32H44O8/c1-5-27-20(3)11-12-31(40-27)16-25-15-24(39-31)10-9-22(17-33)13-19(2)7-6-8-23-18-37-29-28(34)21(4)14-26(30(35)38-25)32(23,29)36/h6-9,14,17,19-20,24-29,34,36H,5,10-13,15-16,18H2,1-4H3/b7-6+,22-9-,23-8+/t19-,20-,24+,25-,26-,27+,28+,29+,31+,32+/m0/s1. The van der Waals surface area contributed by atoms with E-state index in [4.69, 9.17) is 18.9 Å². The predicted octanol–water partition coefficient (Wildman–Crippen LogP) is 4.10. The number of carbonyl (C=O) groups excluding carboxylic acids is 2. The van der Waals surface area contributed by atoms with Crippen LogP contribution in [0.1, 0.15) is 72.6 Å². The van der Waals surface area contributed by atoms with E-state index in [1.54, 1.807) is 19.1 Å². The minimum absolute atomic E-state index is 0.0469. The predicted molar refractivity (Wildman–Crippen MR) is 148 cm³/mol. The highest BCUT2D eigenvalue weighted by Crippen LogP contribution is 2.47. The number of ether oxygens (including phenoxy) is 4. The van der Waals surface area contributed by atoms with E-state index in [1.807, 2.05) is 25.2 Å². The molecule has 8 heteroatoms. The lowest BCUT2D eigenvalue weighted by Gasteiger charge is -2.50. The van der Waals surface area contributed by atoms with Crippen molar-refractivity contribution in [1.29, 1.82) is 0 Å². The van der Waals surface area contributed by atoms with E-state index in [9.17, 15) is 19.8 Å². The number of hydrogen-bond acceptors (Lipinski definition) is 8. The Labute approximate surface area is 237 Å². The molecule has 0 unspecified atom stereocenters. The van der Waals surface area contributed by atoms with Crippen LogP contribution >= 0.6 is 0 Å². The molecule has 4 heterocycles. The third-order valence-electron chi connectivity index (χ3n) is 9.48. The third-order valence-corrected chi connectivity index (χ3v) is 9.48. The summed E-state index contributed by atoms with van der Waals surface area (Å²) in [4.78, 5) is 25.8. The first-order chi connectivity index (χ1) is 19.1. The Morgan fingerprint density at radius 2 is 2.00 bits per heavy atom. The number of fused-ring (bicyclic) bond motifs is 2. The Bertz CT molecular complexity index is 1110. The molecule has 4 aliphatic heterocycles. The number of carbonyl (C=O) groups is 2. The van der Waals surface area contributed by atoms with Crippen LogP contribution in [0.15, 0.2) is 47.1 Å². The van der Waals surface area contributed by atoms with Crippen molar-refractivity contribution in [3.05, 3.63) is 47.1 Å². The summed E-state index contributed by atoms with van der Waals surface area (Å²) in [5.41, 5.74) is 0.0403. The lowest BCUT2D eigenvalue weighted by atomic mass is 9.71. The molecule has 5 rings (SSSR count). The molecule has 3 saturated heterocycles. The van der Waals surface area contributed by atoms with Crippen LogP contribution in [0.4, 0.5) is 0 Å². The second-order valence-electron chi connectivity index (χ2n) is 12.5.